The van der Waals surface area contributed by atoms with E-state index in [9.17, 15) is 18.0 Å². The fourth-order valence-corrected chi connectivity index (χ4v) is 4.36. The van der Waals surface area contributed by atoms with Gasteiger partial charge in [0.05, 0.1) is 17.3 Å². The van der Waals surface area contributed by atoms with E-state index in [1.807, 2.05) is 56.3 Å². The predicted octanol–water partition coefficient (Wildman–Crippen LogP) is 6.34. The SMILES string of the molecule is CC1(C)CN(Cc2ccccc2)C(c2ccc(C(F)(F)F)cc2)/C(=C\c2ccccn2)C1=O. The highest BCUT2D eigenvalue weighted by Crippen LogP contribution is 2.43. The highest BCUT2D eigenvalue weighted by molar-refractivity contribution is 6.05. The standard InChI is InChI=1S/C27H25F3N2O/c1-26(2)18-32(17-19-8-4-3-5-9-19)24(20-11-13-21(14-12-20)27(28,29)30)23(25(26)33)16-22-10-6-7-15-31-22/h3-16,24H,17-18H2,1-2H3/b23-16+. The van der Waals surface area contributed by atoms with E-state index in [-0.39, 0.29) is 5.78 Å². The largest absolute Gasteiger partial charge is 0.416 e. The monoisotopic (exact) mass is 450 g/mol. The molecule has 1 aliphatic rings. The quantitative estimate of drug-likeness (QED) is 0.435. The van der Waals surface area contributed by atoms with Crippen molar-refractivity contribution < 1.29 is 18.0 Å². The molecular weight excluding hydrogens is 425 g/mol. The molecule has 6 heteroatoms. The molecule has 1 saturated heterocycles. The van der Waals surface area contributed by atoms with Gasteiger partial charge in [-0.05, 0) is 41.5 Å². The van der Waals surface area contributed by atoms with E-state index in [0.29, 0.717) is 29.9 Å². The van der Waals surface area contributed by atoms with Gasteiger partial charge in [-0.25, -0.2) is 0 Å². The summed E-state index contributed by atoms with van der Waals surface area (Å²) in [6.45, 7) is 4.85. The molecule has 0 radical (unpaired) electrons. The Morgan fingerprint density at radius 3 is 2.27 bits per heavy atom. The molecule has 2 aromatic carbocycles. The molecule has 1 aromatic heterocycles. The Labute approximate surface area is 191 Å². The number of carbonyl (C=O) groups is 1. The van der Waals surface area contributed by atoms with E-state index >= 15 is 0 Å². The van der Waals surface area contributed by atoms with Crippen LogP contribution in [0.5, 0.6) is 0 Å². The third-order valence-electron chi connectivity index (χ3n) is 5.91. The van der Waals surface area contributed by atoms with Gasteiger partial charge >= 0.3 is 6.18 Å². The van der Waals surface area contributed by atoms with Crippen LogP contribution in [0.2, 0.25) is 0 Å². The molecular formula is C27H25F3N2O. The van der Waals surface area contributed by atoms with E-state index in [4.69, 9.17) is 0 Å². The summed E-state index contributed by atoms with van der Waals surface area (Å²) in [4.78, 5) is 20.1. The van der Waals surface area contributed by atoms with Crippen molar-refractivity contribution in [3.8, 4) is 0 Å². The molecule has 0 bridgehead atoms. The number of pyridine rings is 1. The topological polar surface area (TPSA) is 33.2 Å². The lowest BCUT2D eigenvalue weighted by molar-refractivity contribution is -0.137. The molecule has 2 heterocycles. The van der Waals surface area contributed by atoms with E-state index < -0.39 is 23.2 Å². The first kappa shape index (κ1) is 22.9. The summed E-state index contributed by atoms with van der Waals surface area (Å²) in [5, 5.41) is 0. The summed E-state index contributed by atoms with van der Waals surface area (Å²) in [6.07, 6.45) is -0.997. The lowest BCUT2D eigenvalue weighted by Crippen LogP contribution is -2.49. The predicted molar refractivity (Wildman–Crippen MR) is 122 cm³/mol. The van der Waals surface area contributed by atoms with Gasteiger partial charge in [-0.3, -0.25) is 14.7 Å². The van der Waals surface area contributed by atoms with Crippen LogP contribution in [-0.4, -0.2) is 22.2 Å². The lowest BCUT2D eigenvalue weighted by Gasteiger charge is -2.44. The third-order valence-corrected chi connectivity index (χ3v) is 5.91. The van der Waals surface area contributed by atoms with E-state index in [1.165, 1.54) is 12.1 Å². The van der Waals surface area contributed by atoms with Gasteiger partial charge in [0.25, 0.3) is 0 Å². The van der Waals surface area contributed by atoms with E-state index in [1.54, 1.807) is 18.3 Å². The fourth-order valence-electron chi connectivity index (χ4n) is 4.36. The molecule has 1 aliphatic heterocycles. The minimum absolute atomic E-state index is 0.0256. The van der Waals surface area contributed by atoms with Crippen molar-refractivity contribution in [2.75, 3.05) is 6.54 Å². The first-order chi connectivity index (χ1) is 15.6. The first-order valence-corrected chi connectivity index (χ1v) is 10.8. The summed E-state index contributed by atoms with van der Waals surface area (Å²) < 4.78 is 39.5. The molecule has 3 nitrogen and oxygen atoms in total. The molecule has 4 rings (SSSR count). The molecule has 1 atom stereocenters. The maximum atomic E-state index is 13.6. The van der Waals surface area contributed by atoms with Crippen LogP contribution < -0.4 is 0 Å². The van der Waals surface area contributed by atoms with Gasteiger partial charge in [0.15, 0.2) is 5.78 Å². The van der Waals surface area contributed by atoms with Crippen molar-refractivity contribution in [3.63, 3.8) is 0 Å². The zero-order valence-corrected chi connectivity index (χ0v) is 18.5. The Balaban J connectivity index is 1.83. The minimum Gasteiger partial charge on any atom is -0.294 e. The van der Waals surface area contributed by atoms with Crippen LogP contribution in [-0.2, 0) is 17.5 Å². The number of halogens is 3. The van der Waals surface area contributed by atoms with Crippen molar-refractivity contribution in [1.29, 1.82) is 0 Å². The van der Waals surface area contributed by atoms with Gasteiger partial charge in [0.1, 0.15) is 0 Å². The molecule has 33 heavy (non-hydrogen) atoms. The third kappa shape index (κ3) is 5.06. The Morgan fingerprint density at radius 1 is 1.00 bits per heavy atom. The number of carbonyl (C=O) groups excluding carboxylic acids is 1. The van der Waals surface area contributed by atoms with Crippen LogP contribution in [0.25, 0.3) is 6.08 Å². The number of piperidine rings is 1. The zero-order chi connectivity index (χ0) is 23.6. The van der Waals surface area contributed by atoms with Gasteiger partial charge in [-0.15, -0.1) is 0 Å². The second-order valence-corrected chi connectivity index (χ2v) is 8.98. The molecule has 0 aliphatic carbocycles. The Morgan fingerprint density at radius 2 is 1.67 bits per heavy atom. The average Bonchev–Trinajstić information content (AvgIpc) is 2.78. The number of likely N-dealkylation sites (tertiary alicyclic amines) is 1. The number of hydrogen-bond donors (Lipinski definition) is 0. The molecule has 0 N–H and O–H groups in total. The number of hydrogen-bond acceptors (Lipinski definition) is 3. The molecule has 0 saturated carbocycles. The van der Waals surface area contributed by atoms with Crippen molar-refractivity contribution in [2.45, 2.75) is 32.6 Å². The van der Waals surface area contributed by atoms with Gasteiger partial charge in [-0.2, -0.15) is 13.2 Å². The van der Waals surface area contributed by atoms with Crippen LogP contribution in [0.15, 0.2) is 84.6 Å². The van der Waals surface area contributed by atoms with Crippen molar-refractivity contribution in [2.24, 2.45) is 5.41 Å². The van der Waals surface area contributed by atoms with Gasteiger partial charge in [0.2, 0.25) is 0 Å². The molecule has 0 amide bonds. The van der Waals surface area contributed by atoms with Gasteiger partial charge in [-0.1, -0.05) is 62.4 Å². The molecule has 170 valence electrons. The van der Waals surface area contributed by atoms with Crippen molar-refractivity contribution in [3.05, 3.63) is 107 Å². The Hall–Kier alpha value is -3.25. The maximum Gasteiger partial charge on any atom is 0.416 e. The summed E-state index contributed by atoms with van der Waals surface area (Å²) in [7, 11) is 0. The van der Waals surface area contributed by atoms with E-state index in [2.05, 4.69) is 9.88 Å². The average molecular weight is 451 g/mol. The number of Topliss-reactive ketones (excluding diaryl/α,β-unsaturated/α-hetero) is 1. The van der Waals surface area contributed by atoms with Crippen LogP contribution in [0, 0.1) is 5.41 Å². The Kier molecular flexibility index (Phi) is 6.21. The second-order valence-electron chi connectivity index (χ2n) is 8.98. The number of rotatable bonds is 4. The summed E-state index contributed by atoms with van der Waals surface area (Å²) >= 11 is 0. The van der Waals surface area contributed by atoms with Gasteiger partial charge in [0, 0.05) is 30.3 Å². The van der Waals surface area contributed by atoms with Crippen LogP contribution in [0.1, 0.15) is 42.3 Å². The van der Waals surface area contributed by atoms with Crippen molar-refractivity contribution in [1.82, 2.24) is 9.88 Å². The fraction of sp³-hybridized carbons (Fsp3) is 0.259. The van der Waals surface area contributed by atoms with Gasteiger partial charge < -0.3 is 0 Å². The molecule has 0 spiro atoms. The maximum absolute atomic E-state index is 13.6. The number of benzene rings is 2. The normalized spacial score (nSPS) is 20.2. The summed E-state index contributed by atoms with van der Waals surface area (Å²) in [5.74, 6) is -0.0256. The highest BCUT2D eigenvalue weighted by atomic mass is 19.4. The minimum atomic E-state index is -4.42. The van der Waals surface area contributed by atoms with Crippen LogP contribution >= 0.6 is 0 Å². The first-order valence-electron chi connectivity index (χ1n) is 10.8. The number of aromatic nitrogens is 1. The molecule has 1 unspecified atom stereocenters. The summed E-state index contributed by atoms with van der Waals surface area (Å²) in [5.41, 5.74) is 1.51. The van der Waals surface area contributed by atoms with Crippen LogP contribution in [0.4, 0.5) is 13.2 Å². The zero-order valence-electron chi connectivity index (χ0n) is 18.5. The van der Waals surface area contributed by atoms with Crippen LogP contribution in [0.3, 0.4) is 0 Å². The molecule has 1 fully saturated rings. The van der Waals surface area contributed by atoms with E-state index in [0.717, 1.165) is 17.7 Å². The number of nitrogens with zero attached hydrogens (tertiary/aromatic N) is 2. The highest BCUT2D eigenvalue weighted by Gasteiger charge is 2.44. The number of alkyl halides is 3. The number of ketones is 1. The lowest BCUT2D eigenvalue weighted by atomic mass is 9.74. The smallest absolute Gasteiger partial charge is 0.294 e. The Bertz CT molecular complexity index is 1140. The summed E-state index contributed by atoms with van der Waals surface area (Å²) in [6, 6.07) is 19.9. The second kappa shape index (κ2) is 8.94. The molecule has 3 aromatic rings. The van der Waals surface area contributed by atoms with Crippen molar-refractivity contribution >= 4 is 11.9 Å².